The van der Waals surface area contributed by atoms with Crippen molar-refractivity contribution in [3.05, 3.63) is 28.7 Å². The number of anilines is 1. The van der Waals surface area contributed by atoms with E-state index in [9.17, 15) is 5.11 Å². The van der Waals surface area contributed by atoms with Crippen LogP contribution in [0.1, 0.15) is 25.1 Å². The average molecular weight is 389 g/mol. The van der Waals surface area contributed by atoms with Gasteiger partial charge in [-0.25, -0.2) is 9.97 Å². The molecule has 1 fully saturated rings. The highest BCUT2D eigenvalue weighted by atomic mass is 32.1. The van der Waals surface area contributed by atoms with Crippen molar-refractivity contribution in [2.24, 2.45) is 0 Å². The van der Waals surface area contributed by atoms with Crippen molar-refractivity contribution in [1.82, 2.24) is 14.9 Å². The lowest BCUT2D eigenvalue weighted by Crippen LogP contribution is -2.36. The molecule has 0 spiro atoms. The zero-order valence-electron chi connectivity index (χ0n) is 14.9. The molecule has 3 aromatic heterocycles. The fourth-order valence-corrected chi connectivity index (χ4v) is 5.25. The number of nitrogens with zero attached hydrogens (tertiary/aromatic N) is 3. The first-order valence-electron chi connectivity index (χ1n) is 9.15. The second-order valence-corrected chi connectivity index (χ2v) is 8.59. The van der Waals surface area contributed by atoms with E-state index in [1.807, 2.05) is 6.92 Å². The Balaban J connectivity index is 1.45. The van der Waals surface area contributed by atoms with Gasteiger partial charge >= 0.3 is 0 Å². The Morgan fingerprint density at radius 1 is 1.27 bits per heavy atom. The van der Waals surface area contributed by atoms with Crippen molar-refractivity contribution in [2.75, 3.05) is 31.5 Å². The first-order valence-corrected chi connectivity index (χ1v) is 10.9. The van der Waals surface area contributed by atoms with E-state index in [-0.39, 0.29) is 6.10 Å². The lowest BCUT2D eigenvalue weighted by molar-refractivity contribution is 0.0825. The Morgan fingerprint density at radius 2 is 2.12 bits per heavy atom. The van der Waals surface area contributed by atoms with Gasteiger partial charge in [0.25, 0.3) is 0 Å². The molecular weight excluding hydrogens is 364 g/mol. The molecule has 4 rings (SSSR count). The fraction of sp³-hybridized carbons (Fsp3) is 0.474. The number of thiophene rings is 2. The molecule has 2 N–H and O–H groups in total. The maximum absolute atomic E-state index is 9.61. The molecule has 1 aliphatic rings. The number of nitrogens with one attached hydrogen (secondary N) is 1. The first-order chi connectivity index (χ1) is 12.7. The van der Waals surface area contributed by atoms with Crippen molar-refractivity contribution in [3.8, 4) is 10.4 Å². The number of likely N-dealkylation sites (tertiary alicyclic amines) is 1. The number of rotatable bonds is 6. The highest BCUT2D eigenvalue weighted by Gasteiger charge is 2.17. The lowest BCUT2D eigenvalue weighted by atomic mass is 10.1. The molecule has 7 heteroatoms. The maximum Gasteiger partial charge on any atom is 0.139 e. The second kappa shape index (κ2) is 8.00. The number of fused-ring (bicyclic) bond motifs is 1. The normalized spacial score (nSPS) is 16.4. The van der Waals surface area contributed by atoms with Gasteiger partial charge in [0, 0.05) is 35.5 Å². The Kier molecular flexibility index (Phi) is 5.49. The summed E-state index contributed by atoms with van der Waals surface area (Å²) in [7, 11) is 0. The third-order valence-electron chi connectivity index (χ3n) is 4.83. The number of aryl methyl sites for hydroxylation is 1. The molecule has 1 saturated heterocycles. The van der Waals surface area contributed by atoms with Crippen LogP contribution in [0.4, 0.5) is 5.82 Å². The molecule has 5 nitrogen and oxygen atoms in total. The zero-order valence-corrected chi connectivity index (χ0v) is 16.6. The van der Waals surface area contributed by atoms with Crippen molar-refractivity contribution >= 4 is 38.7 Å². The standard InChI is InChI=1S/C19H24N4OS2/c1-13-21-18(20-7-3-8-23-9-5-14(24)6-10-23)17-15(12-26-19(17)22-13)16-4-2-11-25-16/h2,4,11-12,14,24H,3,5-10H2,1H3,(H,20,21,22). The molecule has 0 amide bonds. The molecule has 3 aromatic rings. The van der Waals surface area contributed by atoms with Gasteiger partial charge in [-0.3, -0.25) is 0 Å². The highest BCUT2D eigenvalue weighted by molar-refractivity contribution is 7.18. The number of aliphatic hydroxyl groups excluding tert-OH is 1. The molecule has 138 valence electrons. The van der Waals surface area contributed by atoms with Crippen LogP contribution in [0, 0.1) is 6.92 Å². The summed E-state index contributed by atoms with van der Waals surface area (Å²) in [5.41, 5.74) is 1.23. The highest BCUT2D eigenvalue weighted by Crippen LogP contribution is 2.38. The Labute approximate surface area is 161 Å². The summed E-state index contributed by atoms with van der Waals surface area (Å²) in [4.78, 5) is 14.0. The second-order valence-electron chi connectivity index (χ2n) is 6.78. The smallest absolute Gasteiger partial charge is 0.139 e. The van der Waals surface area contributed by atoms with Crippen molar-refractivity contribution in [1.29, 1.82) is 0 Å². The van der Waals surface area contributed by atoms with Crippen LogP contribution in [-0.4, -0.2) is 52.3 Å². The Bertz CT molecular complexity index is 854. The predicted octanol–water partition coefficient (Wildman–Crippen LogP) is 3.99. The van der Waals surface area contributed by atoms with E-state index in [1.54, 1.807) is 22.7 Å². The van der Waals surface area contributed by atoms with Crippen molar-refractivity contribution < 1.29 is 5.11 Å². The molecule has 0 radical (unpaired) electrons. The minimum atomic E-state index is -0.101. The summed E-state index contributed by atoms with van der Waals surface area (Å²) >= 11 is 3.44. The molecule has 4 heterocycles. The van der Waals surface area contributed by atoms with E-state index < -0.39 is 0 Å². The summed E-state index contributed by atoms with van der Waals surface area (Å²) in [6.45, 7) is 5.92. The van der Waals surface area contributed by atoms with Crippen molar-refractivity contribution in [3.63, 3.8) is 0 Å². The minimum Gasteiger partial charge on any atom is -0.393 e. The van der Waals surface area contributed by atoms with Crippen LogP contribution < -0.4 is 5.32 Å². The van der Waals surface area contributed by atoms with Gasteiger partial charge in [-0.05, 0) is 44.2 Å². The van der Waals surface area contributed by atoms with Crippen LogP contribution in [0.2, 0.25) is 0 Å². The lowest BCUT2D eigenvalue weighted by Gasteiger charge is -2.29. The summed E-state index contributed by atoms with van der Waals surface area (Å²) in [5.74, 6) is 1.76. The summed E-state index contributed by atoms with van der Waals surface area (Å²) in [6.07, 6.45) is 2.77. The molecule has 0 saturated carbocycles. The van der Waals surface area contributed by atoms with E-state index >= 15 is 0 Å². The van der Waals surface area contributed by atoms with Gasteiger partial charge in [0.15, 0.2) is 0 Å². The first kappa shape index (κ1) is 17.9. The van der Waals surface area contributed by atoms with Crippen molar-refractivity contribution in [2.45, 2.75) is 32.3 Å². The number of aromatic nitrogens is 2. The third-order valence-corrected chi connectivity index (χ3v) is 6.61. The fourth-order valence-electron chi connectivity index (χ4n) is 3.44. The largest absolute Gasteiger partial charge is 0.393 e. The summed E-state index contributed by atoms with van der Waals surface area (Å²) in [6, 6.07) is 4.24. The van der Waals surface area contributed by atoms with Crippen LogP contribution in [0.5, 0.6) is 0 Å². The molecule has 1 aliphatic heterocycles. The molecular formula is C19H24N4OS2. The maximum atomic E-state index is 9.61. The van der Waals surface area contributed by atoms with Crippen LogP contribution >= 0.6 is 22.7 Å². The molecule has 0 unspecified atom stereocenters. The molecule has 26 heavy (non-hydrogen) atoms. The van der Waals surface area contributed by atoms with Gasteiger partial charge in [0.2, 0.25) is 0 Å². The predicted molar refractivity (Wildman–Crippen MR) is 110 cm³/mol. The van der Waals surface area contributed by atoms with Crippen LogP contribution in [-0.2, 0) is 0 Å². The molecule has 0 bridgehead atoms. The molecule has 0 atom stereocenters. The Morgan fingerprint density at radius 3 is 2.88 bits per heavy atom. The van der Waals surface area contributed by atoms with Gasteiger partial charge < -0.3 is 15.3 Å². The minimum absolute atomic E-state index is 0.101. The summed E-state index contributed by atoms with van der Waals surface area (Å²) in [5, 5.41) is 18.6. The van der Waals surface area contributed by atoms with E-state index in [0.29, 0.717) is 0 Å². The van der Waals surface area contributed by atoms with E-state index in [4.69, 9.17) is 0 Å². The van der Waals surface area contributed by atoms with Gasteiger partial charge in [0.1, 0.15) is 16.5 Å². The van der Waals surface area contributed by atoms with Gasteiger partial charge in [-0.2, -0.15) is 0 Å². The van der Waals surface area contributed by atoms with Crippen LogP contribution in [0.25, 0.3) is 20.7 Å². The molecule has 0 aliphatic carbocycles. The van der Waals surface area contributed by atoms with Gasteiger partial charge in [-0.1, -0.05) is 6.07 Å². The number of hydrogen-bond donors (Lipinski definition) is 2. The topological polar surface area (TPSA) is 61.3 Å². The van der Waals surface area contributed by atoms with Gasteiger partial charge in [0.05, 0.1) is 11.5 Å². The third kappa shape index (κ3) is 3.91. The van der Waals surface area contributed by atoms with Crippen LogP contribution in [0.3, 0.4) is 0 Å². The zero-order chi connectivity index (χ0) is 17.9. The Hall–Kier alpha value is -1.54. The quantitative estimate of drug-likeness (QED) is 0.625. The van der Waals surface area contributed by atoms with E-state index in [2.05, 4.69) is 43.1 Å². The number of piperidine rings is 1. The van der Waals surface area contributed by atoms with Gasteiger partial charge in [-0.15, -0.1) is 22.7 Å². The van der Waals surface area contributed by atoms with E-state index in [0.717, 1.165) is 67.3 Å². The SMILES string of the molecule is Cc1nc(NCCCN2CCC(O)CC2)c2c(-c3cccs3)csc2n1. The number of aliphatic hydroxyl groups is 1. The van der Waals surface area contributed by atoms with E-state index in [1.165, 1.54) is 10.4 Å². The summed E-state index contributed by atoms with van der Waals surface area (Å²) < 4.78 is 0. The number of hydrogen-bond acceptors (Lipinski definition) is 7. The average Bonchev–Trinajstić information content (AvgIpc) is 3.29. The van der Waals surface area contributed by atoms with Crippen LogP contribution in [0.15, 0.2) is 22.9 Å². The molecule has 0 aromatic carbocycles. The monoisotopic (exact) mass is 388 g/mol.